The fourth-order valence-electron chi connectivity index (χ4n) is 3.02. The summed E-state index contributed by atoms with van der Waals surface area (Å²) in [5.74, 6) is -1.32. The lowest BCUT2D eigenvalue weighted by Gasteiger charge is -2.14. The van der Waals surface area contributed by atoms with Gasteiger partial charge in [-0.2, -0.15) is 0 Å². The van der Waals surface area contributed by atoms with Crippen LogP contribution in [0.25, 0.3) is 28.2 Å². The summed E-state index contributed by atoms with van der Waals surface area (Å²) < 4.78 is 74.7. The molecule has 0 radical (unpaired) electrons. The van der Waals surface area contributed by atoms with Crippen molar-refractivity contribution in [3.63, 3.8) is 0 Å². The number of amides is 2. The van der Waals surface area contributed by atoms with Crippen LogP contribution in [0.4, 0.5) is 18.0 Å². The summed E-state index contributed by atoms with van der Waals surface area (Å²) in [7, 11) is -3.20. The summed E-state index contributed by atoms with van der Waals surface area (Å²) in [6.07, 6.45) is -1.04. The average Bonchev–Trinajstić information content (AvgIpc) is 3.28. The number of sulfonamides is 1. The van der Waals surface area contributed by atoms with Gasteiger partial charge in [-0.15, -0.1) is 13.2 Å². The first kappa shape index (κ1) is 22.8. The number of alkyl halides is 3. The van der Waals surface area contributed by atoms with Crippen LogP contribution in [0.15, 0.2) is 50.9 Å². The average molecular weight is 499 g/mol. The summed E-state index contributed by atoms with van der Waals surface area (Å²) in [4.78, 5) is 26.5. The second-order valence-corrected chi connectivity index (χ2v) is 9.39. The first-order chi connectivity index (χ1) is 15.5. The highest BCUT2D eigenvalue weighted by Gasteiger charge is 2.34. The molecule has 0 bridgehead atoms. The molecule has 1 fully saturated rings. The SMILES string of the molecule is CNS(=O)(=O)c1ccc(-c2cncc3cc(C=C4SC(=O)NC4=O)oc23)cc1OC(F)(F)F. The lowest BCUT2D eigenvalue weighted by atomic mass is 10.1. The van der Waals surface area contributed by atoms with Gasteiger partial charge < -0.3 is 9.15 Å². The number of rotatable bonds is 5. The molecule has 3 aromatic rings. The number of furan rings is 1. The molecule has 0 unspecified atom stereocenters. The van der Waals surface area contributed by atoms with Gasteiger partial charge in [-0.3, -0.25) is 19.9 Å². The maximum Gasteiger partial charge on any atom is 0.573 e. The van der Waals surface area contributed by atoms with Gasteiger partial charge in [-0.05, 0) is 42.6 Å². The first-order valence-electron chi connectivity index (χ1n) is 8.93. The Morgan fingerprint density at radius 2 is 1.97 bits per heavy atom. The molecule has 4 rings (SSSR count). The maximum absolute atomic E-state index is 12.9. The maximum atomic E-state index is 12.9. The summed E-state index contributed by atoms with van der Waals surface area (Å²) in [5, 5.41) is 2.04. The van der Waals surface area contributed by atoms with E-state index in [-0.39, 0.29) is 27.4 Å². The van der Waals surface area contributed by atoms with Crippen molar-refractivity contribution in [1.29, 1.82) is 0 Å². The molecule has 1 aliphatic rings. The number of halogens is 3. The van der Waals surface area contributed by atoms with Crippen molar-refractivity contribution >= 4 is 50.0 Å². The molecule has 0 saturated carbocycles. The molecule has 2 N–H and O–H groups in total. The van der Waals surface area contributed by atoms with E-state index in [4.69, 9.17) is 4.42 Å². The number of aromatic nitrogens is 1. The van der Waals surface area contributed by atoms with Crippen molar-refractivity contribution in [3.05, 3.63) is 47.3 Å². The number of hydrogen-bond donors (Lipinski definition) is 2. The van der Waals surface area contributed by atoms with Crippen LogP contribution >= 0.6 is 11.8 Å². The number of thioether (sulfide) groups is 1. The molecule has 9 nitrogen and oxygen atoms in total. The third-order valence-corrected chi connectivity index (χ3v) is 6.66. The third kappa shape index (κ3) is 4.72. The Kier molecular flexibility index (Phi) is 5.67. The Morgan fingerprint density at radius 1 is 1.21 bits per heavy atom. The van der Waals surface area contributed by atoms with Crippen molar-refractivity contribution < 1.29 is 40.3 Å². The van der Waals surface area contributed by atoms with Crippen molar-refractivity contribution in [2.75, 3.05) is 7.05 Å². The molecular weight excluding hydrogens is 487 g/mol. The van der Waals surface area contributed by atoms with Gasteiger partial charge in [-0.1, -0.05) is 6.07 Å². The number of imide groups is 1. The Balaban J connectivity index is 1.83. The monoisotopic (exact) mass is 499 g/mol. The molecule has 14 heteroatoms. The number of hydrogen-bond acceptors (Lipinski definition) is 8. The number of ether oxygens (including phenoxy) is 1. The number of nitrogens with one attached hydrogen (secondary N) is 2. The molecule has 2 aromatic heterocycles. The van der Waals surface area contributed by atoms with Crippen molar-refractivity contribution in [1.82, 2.24) is 15.0 Å². The van der Waals surface area contributed by atoms with Crippen LogP contribution in [0.5, 0.6) is 5.75 Å². The standard InChI is InChI=1S/C19H12F3N3O6S2/c1-23-33(28,29)15-3-2-9(5-13(15)31-19(20,21)22)12-8-24-7-10-4-11(30-16(10)12)6-14-17(26)25-18(27)32-14/h2-8,23H,1H3,(H,25,26,27). The molecule has 0 spiro atoms. The normalized spacial score (nSPS) is 15.9. The minimum Gasteiger partial charge on any atom is -0.456 e. The van der Waals surface area contributed by atoms with Crippen LogP contribution in [-0.4, -0.2) is 38.0 Å². The minimum atomic E-state index is -5.14. The fourth-order valence-corrected chi connectivity index (χ4v) is 4.52. The molecule has 1 saturated heterocycles. The summed E-state index contributed by atoms with van der Waals surface area (Å²) in [6, 6.07) is 4.69. The highest BCUT2D eigenvalue weighted by molar-refractivity contribution is 8.18. The Hall–Kier alpha value is -3.36. The van der Waals surface area contributed by atoms with E-state index >= 15 is 0 Å². The van der Waals surface area contributed by atoms with Gasteiger partial charge in [0.15, 0.2) is 0 Å². The van der Waals surface area contributed by atoms with Crippen molar-refractivity contribution in [3.8, 4) is 16.9 Å². The summed E-state index contributed by atoms with van der Waals surface area (Å²) in [5.41, 5.74) is 0.602. The van der Waals surface area contributed by atoms with E-state index in [0.29, 0.717) is 17.1 Å². The smallest absolute Gasteiger partial charge is 0.456 e. The lowest BCUT2D eigenvalue weighted by molar-refractivity contribution is -0.275. The van der Waals surface area contributed by atoms with Gasteiger partial charge in [0.25, 0.3) is 11.1 Å². The van der Waals surface area contributed by atoms with Crippen LogP contribution in [0.2, 0.25) is 0 Å². The molecule has 0 atom stereocenters. The zero-order valence-electron chi connectivity index (χ0n) is 16.4. The van der Waals surface area contributed by atoms with Gasteiger partial charge in [0.2, 0.25) is 10.0 Å². The van der Waals surface area contributed by atoms with Gasteiger partial charge in [0, 0.05) is 29.4 Å². The Labute approximate surface area is 188 Å². The van der Waals surface area contributed by atoms with E-state index in [1.54, 1.807) is 0 Å². The van der Waals surface area contributed by atoms with Crippen molar-refractivity contribution in [2.24, 2.45) is 0 Å². The van der Waals surface area contributed by atoms with Crippen LogP contribution in [0.3, 0.4) is 0 Å². The van der Waals surface area contributed by atoms with E-state index in [2.05, 4.69) is 15.0 Å². The van der Waals surface area contributed by atoms with Crippen molar-refractivity contribution in [2.45, 2.75) is 11.3 Å². The Morgan fingerprint density at radius 3 is 2.61 bits per heavy atom. The molecule has 2 amide bonds. The van der Waals surface area contributed by atoms with Crippen LogP contribution < -0.4 is 14.8 Å². The van der Waals surface area contributed by atoms with Gasteiger partial charge >= 0.3 is 6.36 Å². The van der Waals surface area contributed by atoms with E-state index in [1.807, 2.05) is 4.72 Å². The van der Waals surface area contributed by atoms with Crippen LogP contribution in [-0.2, 0) is 14.8 Å². The molecular formula is C19H12F3N3O6S2. The Bertz CT molecular complexity index is 1430. The van der Waals surface area contributed by atoms with Gasteiger partial charge in [-0.25, -0.2) is 13.1 Å². The summed E-state index contributed by atoms with van der Waals surface area (Å²) in [6.45, 7) is 0. The molecule has 33 heavy (non-hydrogen) atoms. The number of fused-ring (bicyclic) bond motifs is 1. The number of benzene rings is 1. The molecule has 1 aliphatic heterocycles. The van der Waals surface area contributed by atoms with Crippen LogP contribution in [0, 0.1) is 0 Å². The van der Waals surface area contributed by atoms with E-state index in [0.717, 1.165) is 19.2 Å². The summed E-state index contributed by atoms with van der Waals surface area (Å²) >= 11 is 0.692. The van der Waals surface area contributed by atoms with Gasteiger partial charge in [0.1, 0.15) is 22.0 Å². The largest absolute Gasteiger partial charge is 0.573 e. The lowest BCUT2D eigenvalue weighted by Crippen LogP contribution is -2.23. The van der Waals surface area contributed by atoms with E-state index in [1.165, 1.54) is 30.6 Å². The third-order valence-electron chi connectivity index (χ3n) is 4.40. The second-order valence-electron chi connectivity index (χ2n) is 6.52. The number of pyridine rings is 1. The molecule has 0 aliphatic carbocycles. The first-order valence-corrected chi connectivity index (χ1v) is 11.2. The number of carbonyl (C=O) groups is 2. The van der Waals surface area contributed by atoms with E-state index in [9.17, 15) is 31.2 Å². The topological polar surface area (TPSA) is 128 Å². The zero-order chi connectivity index (χ0) is 24.0. The molecule has 172 valence electrons. The fraction of sp³-hybridized carbons (Fsp3) is 0.105. The number of nitrogens with zero attached hydrogens (tertiary/aromatic N) is 1. The van der Waals surface area contributed by atoms with Gasteiger partial charge in [0.05, 0.1) is 4.91 Å². The highest BCUT2D eigenvalue weighted by atomic mass is 32.2. The quantitative estimate of drug-likeness (QED) is 0.510. The molecule has 3 heterocycles. The minimum absolute atomic E-state index is 0.107. The predicted octanol–water partition coefficient (Wildman–Crippen LogP) is 3.63. The van der Waals surface area contributed by atoms with Crippen LogP contribution in [0.1, 0.15) is 5.76 Å². The highest BCUT2D eigenvalue weighted by Crippen LogP contribution is 2.37. The second kappa shape index (κ2) is 8.20. The predicted molar refractivity (Wildman–Crippen MR) is 111 cm³/mol. The number of carbonyl (C=O) groups excluding carboxylic acids is 2. The van der Waals surface area contributed by atoms with E-state index < -0.39 is 38.2 Å². The zero-order valence-corrected chi connectivity index (χ0v) is 18.0. The molecule has 1 aromatic carbocycles.